The molecule has 0 radical (unpaired) electrons. The number of amides is 1. The summed E-state index contributed by atoms with van der Waals surface area (Å²) in [6.07, 6.45) is 1.06. The molecular formula is C22H26ClN3O3S. The predicted octanol–water partition coefficient (Wildman–Crippen LogP) is 4.78. The van der Waals surface area contributed by atoms with Gasteiger partial charge in [-0.25, -0.2) is 9.79 Å². The molecule has 2 atom stereocenters. The van der Waals surface area contributed by atoms with E-state index in [4.69, 9.17) is 16.3 Å². The lowest BCUT2D eigenvalue weighted by Gasteiger charge is -2.36. The fourth-order valence-corrected chi connectivity index (χ4v) is 4.48. The summed E-state index contributed by atoms with van der Waals surface area (Å²) >= 11 is 7.54. The highest BCUT2D eigenvalue weighted by Gasteiger charge is 2.41. The summed E-state index contributed by atoms with van der Waals surface area (Å²) in [5, 5.41) is 6.29. The van der Waals surface area contributed by atoms with Gasteiger partial charge in [0.25, 0.3) is 0 Å². The number of thioether (sulfide) groups is 1. The molecule has 6 nitrogen and oxygen atoms in total. The first-order chi connectivity index (χ1) is 14.3. The van der Waals surface area contributed by atoms with Crippen molar-refractivity contribution < 1.29 is 14.3 Å². The Balaban J connectivity index is 1.99. The van der Waals surface area contributed by atoms with Crippen LogP contribution in [0.2, 0.25) is 5.02 Å². The van der Waals surface area contributed by atoms with E-state index in [0.29, 0.717) is 16.3 Å². The quantitative estimate of drug-likeness (QED) is 0.609. The molecule has 0 bridgehead atoms. The summed E-state index contributed by atoms with van der Waals surface area (Å²) in [4.78, 5) is 32.0. The third kappa shape index (κ3) is 4.73. The van der Waals surface area contributed by atoms with Crippen LogP contribution in [0.1, 0.15) is 52.1 Å². The summed E-state index contributed by atoms with van der Waals surface area (Å²) < 4.78 is 5.33. The third-order valence-electron chi connectivity index (χ3n) is 5.04. The van der Waals surface area contributed by atoms with Crippen LogP contribution < -0.4 is 5.32 Å². The summed E-state index contributed by atoms with van der Waals surface area (Å²) in [6, 6.07) is 7.04. The van der Waals surface area contributed by atoms with Crippen molar-refractivity contribution in [1.82, 2.24) is 10.2 Å². The van der Waals surface area contributed by atoms with Crippen LogP contribution in [0.3, 0.4) is 0 Å². The average molecular weight is 448 g/mol. The Bertz CT molecular complexity index is 924. The Morgan fingerprint density at radius 2 is 2.00 bits per heavy atom. The number of fused-ring (bicyclic) bond motifs is 1. The van der Waals surface area contributed by atoms with Crippen LogP contribution in [-0.4, -0.2) is 34.6 Å². The molecule has 3 rings (SSSR count). The number of esters is 1. The normalized spacial score (nSPS) is 19.1. The van der Waals surface area contributed by atoms with Crippen LogP contribution >= 0.6 is 23.4 Å². The maximum atomic E-state index is 12.9. The van der Waals surface area contributed by atoms with Crippen LogP contribution in [0.4, 0.5) is 0 Å². The first-order valence-electron chi connectivity index (χ1n) is 10.0. The number of halogens is 1. The standard InChI is InChI=1S/C22H26ClN3O3S/c1-5-13(3)24-18(27)11-17-12-30-22-25-14(4)19(21(28)29-6-2)20(26(17)22)15-7-9-16(23)10-8-15/h7-10,12-13,20H,5-6,11H2,1-4H3,(H,24,27)/t13-,20+/m1/s1. The maximum Gasteiger partial charge on any atom is 0.338 e. The van der Waals surface area contributed by atoms with Crippen LogP contribution in [-0.2, 0) is 14.3 Å². The minimum Gasteiger partial charge on any atom is -0.463 e. The molecule has 30 heavy (non-hydrogen) atoms. The molecular weight excluding hydrogens is 422 g/mol. The Hall–Kier alpha value is -2.25. The van der Waals surface area contributed by atoms with E-state index in [1.54, 1.807) is 19.1 Å². The summed E-state index contributed by atoms with van der Waals surface area (Å²) in [5.74, 6) is -0.464. The maximum absolute atomic E-state index is 12.9. The first-order valence-corrected chi connectivity index (χ1v) is 11.3. The Labute approximate surface area is 186 Å². The van der Waals surface area contributed by atoms with Gasteiger partial charge in [0.05, 0.1) is 30.3 Å². The Morgan fingerprint density at radius 3 is 2.63 bits per heavy atom. The van der Waals surface area contributed by atoms with Crippen molar-refractivity contribution in [1.29, 1.82) is 0 Å². The molecule has 2 heterocycles. The summed E-state index contributed by atoms with van der Waals surface area (Å²) in [6.45, 7) is 7.87. The second kappa shape index (κ2) is 9.71. The zero-order valence-corrected chi connectivity index (χ0v) is 19.1. The zero-order chi connectivity index (χ0) is 21.8. The molecule has 0 aromatic heterocycles. The van der Waals surface area contributed by atoms with Crippen molar-refractivity contribution in [3.63, 3.8) is 0 Å². The highest BCUT2D eigenvalue weighted by Crippen LogP contribution is 2.44. The van der Waals surface area contributed by atoms with Gasteiger partial charge in [-0.3, -0.25) is 4.79 Å². The topological polar surface area (TPSA) is 71.0 Å². The van der Waals surface area contributed by atoms with Crippen LogP contribution in [0.25, 0.3) is 0 Å². The van der Waals surface area contributed by atoms with Gasteiger partial charge in [-0.15, -0.1) is 0 Å². The third-order valence-corrected chi connectivity index (χ3v) is 6.18. The number of allylic oxidation sites excluding steroid dienone is 1. The molecule has 1 N–H and O–H groups in total. The molecule has 0 saturated heterocycles. The molecule has 8 heteroatoms. The molecule has 0 spiro atoms. The number of benzene rings is 1. The summed E-state index contributed by atoms with van der Waals surface area (Å²) in [7, 11) is 0. The number of hydrogen-bond acceptors (Lipinski definition) is 6. The number of nitrogens with one attached hydrogen (secondary N) is 1. The second-order valence-corrected chi connectivity index (χ2v) is 8.49. The van der Waals surface area contributed by atoms with Crippen molar-refractivity contribution in [2.45, 2.75) is 52.6 Å². The van der Waals surface area contributed by atoms with E-state index in [9.17, 15) is 9.59 Å². The van der Waals surface area contributed by atoms with Crippen molar-refractivity contribution >= 4 is 40.4 Å². The summed E-state index contributed by atoms with van der Waals surface area (Å²) in [5.41, 5.74) is 2.77. The van der Waals surface area contributed by atoms with E-state index in [1.165, 1.54) is 11.8 Å². The number of rotatable bonds is 7. The van der Waals surface area contributed by atoms with E-state index in [-0.39, 0.29) is 25.0 Å². The molecule has 2 aliphatic heterocycles. The molecule has 2 aliphatic rings. The molecule has 1 aromatic rings. The minimum absolute atomic E-state index is 0.0590. The van der Waals surface area contributed by atoms with Crippen molar-refractivity contribution in [3.05, 3.63) is 57.2 Å². The van der Waals surface area contributed by atoms with Crippen molar-refractivity contribution in [3.8, 4) is 0 Å². The minimum atomic E-state index is -0.438. The van der Waals surface area contributed by atoms with Gasteiger partial charge in [0.1, 0.15) is 0 Å². The number of aliphatic imine (C=N–C) groups is 1. The highest BCUT2D eigenvalue weighted by atomic mass is 35.5. The monoisotopic (exact) mass is 447 g/mol. The smallest absolute Gasteiger partial charge is 0.338 e. The van der Waals surface area contributed by atoms with Crippen molar-refractivity contribution in [2.24, 2.45) is 4.99 Å². The lowest BCUT2D eigenvalue weighted by atomic mass is 9.94. The van der Waals surface area contributed by atoms with E-state index < -0.39 is 12.0 Å². The molecule has 160 valence electrons. The SMILES string of the molecule is CCOC(=O)C1=C(C)N=C2SC=C(CC(=O)N[C@H](C)CC)N2[C@H]1c1ccc(Cl)cc1. The van der Waals surface area contributed by atoms with Gasteiger partial charge in [-0.1, -0.05) is 42.4 Å². The first kappa shape index (κ1) is 22.4. The van der Waals surface area contributed by atoms with Gasteiger partial charge in [-0.2, -0.15) is 0 Å². The lowest BCUT2D eigenvalue weighted by molar-refractivity contribution is -0.139. The van der Waals surface area contributed by atoms with Gasteiger partial charge in [0.15, 0.2) is 5.17 Å². The van der Waals surface area contributed by atoms with Gasteiger partial charge in [0, 0.05) is 16.8 Å². The average Bonchev–Trinajstić information content (AvgIpc) is 3.09. The number of carbonyl (C=O) groups is 2. The van der Waals surface area contributed by atoms with E-state index >= 15 is 0 Å². The molecule has 0 saturated carbocycles. The fraction of sp³-hybridized carbons (Fsp3) is 0.409. The lowest BCUT2D eigenvalue weighted by Crippen LogP contribution is -2.39. The fourth-order valence-electron chi connectivity index (χ4n) is 3.39. The van der Waals surface area contributed by atoms with Gasteiger partial charge in [0.2, 0.25) is 5.91 Å². The number of ether oxygens (including phenoxy) is 1. The van der Waals surface area contributed by atoms with Crippen LogP contribution in [0, 0.1) is 0 Å². The predicted molar refractivity (Wildman–Crippen MR) is 121 cm³/mol. The van der Waals surface area contributed by atoms with E-state index in [0.717, 1.165) is 22.8 Å². The van der Waals surface area contributed by atoms with Crippen LogP contribution in [0.5, 0.6) is 0 Å². The largest absolute Gasteiger partial charge is 0.463 e. The second-order valence-electron chi connectivity index (χ2n) is 7.22. The van der Waals surface area contributed by atoms with Gasteiger partial charge >= 0.3 is 5.97 Å². The number of carbonyl (C=O) groups excluding carboxylic acids is 2. The van der Waals surface area contributed by atoms with Crippen molar-refractivity contribution in [2.75, 3.05) is 6.61 Å². The molecule has 1 aromatic carbocycles. The number of nitrogens with zero attached hydrogens (tertiary/aromatic N) is 2. The van der Waals surface area contributed by atoms with E-state index in [2.05, 4.69) is 10.3 Å². The number of amidine groups is 1. The molecule has 0 fully saturated rings. The highest BCUT2D eigenvalue weighted by molar-refractivity contribution is 8.16. The zero-order valence-electron chi connectivity index (χ0n) is 17.6. The molecule has 0 aliphatic carbocycles. The molecule has 0 unspecified atom stereocenters. The Morgan fingerprint density at radius 1 is 1.30 bits per heavy atom. The van der Waals surface area contributed by atoms with E-state index in [1.807, 2.05) is 43.2 Å². The number of hydrogen-bond donors (Lipinski definition) is 1. The Kier molecular flexibility index (Phi) is 7.26. The van der Waals surface area contributed by atoms with Gasteiger partial charge < -0.3 is 15.0 Å². The van der Waals surface area contributed by atoms with Crippen LogP contribution in [0.15, 0.2) is 51.6 Å². The van der Waals surface area contributed by atoms with Gasteiger partial charge in [-0.05, 0) is 50.3 Å². The molecule has 1 amide bonds.